The van der Waals surface area contributed by atoms with Crippen molar-refractivity contribution in [3.63, 3.8) is 0 Å². The number of nitrogens with zero attached hydrogens (tertiary/aromatic N) is 2. The summed E-state index contributed by atoms with van der Waals surface area (Å²) in [5.41, 5.74) is 3.99. The Morgan fingerprint density at radius 1 is 1.67 bits per heavy atom. The van der Waals surface area contributed by atoms with Crippen molar-refractivity contribution in [2.75, 3.05) is 7.05 Å². The molecule has 0 aliphatic rings. The van der Waals surface area contributed by atoms with Gasteiger partial charge in [0.05, 0.1) is 0 Å². The van der Waals surface area contributed by atoms with Crippen molar-refractivity contribution in [1.29, 1.82) is 0 Å². The summed E-state index contributed by atoms with van der Waals surface area (Å²) < 4.78 is 0. The molecule has 52 valence electrons. The van der Waals surface area contributed by atoms with E-state index in [2.05, 4.69) is 17.2 Å². The number of hydrogen-bond donors (Lipinski definition) is 1. The molecule has 9 heavy (non-hydrogen) atoms. The number of allylic oxidation sites excluding steroid dienone is 1. The van der Waals surface area contributed by atoms with Gasteiger partial charge in [-0.25, -0.2) is 10.5 Å². The fourth-order valence-electron chi connectivity index (χ4n) is 0.421. The van der Waals surface area contributed by atoms with Gasteiger partial charge in [-0.2, -0.15) is 5.10 Å². The lowest BCUT2D eigenvalue weighted by Crippen LogP contribution is -2.23. The topological polar surface area (TPSA) is 27.6 Å². The smallest absolute Gasteiger partial charge is 0.0403 e. The highest BCUT2D eigenvalue weighted by molar-refractivity contribution is 5.22. The van der Waals surface area contributed by atoms with Gasteiger partial charge < -0.3 is 0 Å². The molecule has 0 atom stereocenters. The molecule has 0 saturated heterocycles. The van der Waals surface area contributed by atoms with Crippen LogP contribution in [0, 0.1) is 0 Å². The van der Waals surface area contributed by atoms with E-state index in [0.717, 1.165) is 0 Å². The van der Waals surface area contributed by atoms with Crippen LogP contribution < -0.4 is 5.43 Å². The minimum Gasteiger partial charge on any atom is -0.217 e. The summed E-state index contributed by atoms with van der Waals surface area (Å²) in [6, 6.07) is 0. The summed E-state index contributed by atoms with van der Waals surface area (Å²) in [4.78, 5) is 0. The first kappa shape index (κ1) is 8.17. The SMILES string of the molecule is C=NN(C=C(C)C)NC. The average Bonchev–Trinajstić information content (AvgIpc) is 1.82. The fourth-order valence-corrected chi connectivity index (χ4v) is 0.421. The largest absolute Gasteiger partial charge is 0.217 e. The second-order valence-electron chi connectivity index (χ2n) is 1.92. The van der Waals surface area contributed by atoms with E-state index in [1.54, 1.807) is 12.2 Å². The quantitative estimate of drug-likeness (QED) is 0.451. The third-order valence-electron chi connectivity index (χ3n) is 0.762. The van der Waals surface area contributed by atoms with E-state index in [-0.39, 0.29) is 0 Å². The van der Waals surface area contributed by atoms with Gasteiger partial charge >= 0.3 is 0 Å². The molecule has 0 aromatic carbocycles. The third kappa shape index (κ3) is 3.73. The van der Waals surface area contributed by atoms with Crippen molar-refractivity contribution in [3.05, 3.63) is 11.8 Å². The Morgan fingerprint density at radius 3 is 2.33 bits per heavy atom. The van der Waals surface area contributed by atoms with Gasteiger partial charge in [-0.3, -0.25) is 0 Å². The zero-order chi connectivity index (χ0) is 7.28. The number of hydrazone groups is 1. The first-order chi connectivity index (χ1) is 4.20. The summed E-state index contributed by atoms with van der Waals surface area (Å²) in [5.74, 6) is 0. The van der Waals surface area contributed by atoms with E-state index in [9.17, 15) is 0 Å². The maximum Gasteiger partial charge on any atom is 0.0403 e. The number of nitrogens with one attached hydrogen (secondary N) is 1. The molecule has 0 aliphatic heterocycles. The molecule has 0 fully saturated rings. The Bertz CT molecular complexity index is 113. The molecule has 3 nitrogen and oxygen atoms in total. The Balaban J connectivity index is 3.82. The van der Waals surface area contributed by atoms with Crippen molar-refractivity contribution in [3.8, 4) is 0 Å². The second-order valence-corrected chi connectivity index (χ2v) is 1.92. The van der Waals surface area contributed by atoms with Crippen LogP contribution >= 0.6 is 0 Å². The van der Waals surface area contributed by atoms with E-state index in [0.29, 0.717) is 0 Å². The van der Waals surface area contributed by atoms with Crippen LogP contribution in [0.15, 0.2) is 16.9 Å². The van der Waals surface area contributed by atoms with Crippen LogP contribution in [-0.4, -0.2) is 18.9 Å². The Kier molecular flexibility index (Phi) is 3.71. The average molecular weight is 127 g/mol. The highest BCUT2D eigenvalue weighted by Gasteiger charge is 1.85. The third-order valence-corrected chi connectivity index (χ3v) is 0.762. The van der Waals surface area contributed by atoms with Crippen LogP contribution in [0.1, 0.15) is 13.8 Å². The normalized spacial score (nSPS) is 8.33. The maximum absolute atomic E-state index is 3.64. The van der Waals surface area contributed by atoms with Gasteiger partial charge in [0.15, 0.2) is 0 Å². The molecule has 1 N–H and O–H groups in total. The lowest BCUT2D eigenvalue weighted by Gasteiger charge is -2.10. The first-order valence-corrected chi connectivity index (χ1v) is 2.79. The standard InChI is InChI=1S/C6H13N3/c1-6(2)5-9(7-3)8-4/h5,8H,3H2,1-2,4H3. The van der Waals surface area contributed by atoms with Crippen LogP contribution in [0.25, 0.3) is 0 Å². The molecule has 0 rings (SSSR count). The minimum absolute atomic E-state index is 1.18. The lowest BCUT2D eigenvalue weighted by molar-refractivity contribution is 0.315. The summed E-state index contributed by atoms with van der Waals surface area (Å²) in [7, 11) is 1.79. The second kappa shape index (κ2) is 4.09. The number of hydrogen-bond acceptors (Lipinski definition) is 3. The van der Waals surface area contributed by atoms with Crippen LogP contribution in [0.3, 0.4) is 0 Å². The van der Waals surface area contributed by atoms with Gasteiger partial charge in [-0.05, 0) is 13.8 Å². The van der Waals surface area contributed by atoms with Gasteiger partial charge in [-0.1, -0.05) is 5.57 Å². The molecule has 0 bridgehead atoms. The van der Waals surface area contributed by atoms with Gasteiger partial charge in [0.2, 0.25) is 0 Å². The van der Waals surface area contributed by atoms with Gasteiger partial charge in [-0.15, -0.1) is 0 Å². The monoisotopic (exact) mass is 127 g/mol. The summed E-state index contributed by atoms with van der Waals surface area (Å²) >= 11 is 0. The molecule has 0 heterocycles. The molecule has 0 spiro atoms. The zero-order valence-electron chi connectivity index (χ0n) is 6.18. The maximum atomic E-state index is 3.64. The number of rotatable bonds is 3. The molecule has 0 unspecified atom stereocenters. The Hall–Kier alpha value is -0.830. The van der Waals surface area contributed by atoms with E-state index < -0.39 is 0 Å². The Labute approximate surface area is 56.0 Å². The molecule has 0 radical (unpaired) electrons. The fraction of sp³-hybridized carbons (Fsp3) is 0.500. The highest BCUT2D eigenvalue weighted by Crippen LogP contribution is 1.91. The minimum atomic E-state index is 1.18. The van der Waals surface area contributed by atoms with Crippen LogP contribution in [0.2, 0.25) is 0 Å². The highest BCUT2D eigenvalue weighted by atomic mass is 15.7. The number of hydrazine groups is 1. The van der Waals surface area contributed by atoms with Gasteiger partial charge in [0.25, 0.3) is 0 Å². The predicted molar refractivity (Wildman–Crippen MR) is 39.9 cm³/mol. The van der Waals surface area contributed by atoms with Crippen molar-refractivity contribution in [2.24, 2.45) is 5.10 Å². The van der Waals surface area contributed by atoms with Crippen molar-refractivity contribution < 1.29 is 0 Å². The van der Waals surface area contributed by atoms with E-state index in [1.807, 2.05) is 20.0 Å². The van der Waals surface area contributed by atoms with E-state index >= 15 is 0 Å². The summed E-state index contributed by atoms with van der Waals surface area (Å²) in [6.45, 7) is 7.34. The Morgan fingerprint density at radius 2 is 2.22 bits per heavy atom. The lowest BCUT2D eigenvalue weighted by atomic mass is 10.4. The predicted octanol–water partition coefficient (Wildman–Crippen LogP) is 0.962. The molecule has 0 aromatic heterocycles. The molecule has 3 heteroatoms. The van der Waals surface area contributed by atoms with Crippen LogP contribution in [0.5, 0.6) is 0 Å². The first-order valence-electron chi connectivity index (χ1n) is 2.79. The molecular weight excluding hydrogens is 114 g/mol. The van der Waals surface area contributed by atoms with Crippen molar-refractivity contribution in [1.82, 2.24) is 10.5 Å². The van der Waals surface area contributed by atoms with Gasteiger partial charge in [0, 0.05) is 20.0 Å². The van der Waals surface area contributed by atoms with E-state index in [4.69, 9.17) is 0 Å². The molecule has 0 saturated carbocycles. The van der Waals surface area contributed by atoms with Crippen LogP contribution in [0.4, 0.5) is 0 Å². The van der Waals surface area contributed by atoms with Crippen LogP contribution in [-0.2, 0) is 0 Å². The molecule has 0 aromatic rings. The zero-order valence-corrected chi connectivity index (χ0v) is 6.18. The molecule has 0 aliphatic carbocycles. The van der Waals surface area contributed by atoms with Crippen molar-refractivity contribution >= 4 is 6.72 Å². The van der Waals surface area contributed by atoms with E-state index in [1.165, 1.54) is 5.57 Å². The molecule has 0 amide bonds. The molecular formula is C6H13N3. The summed E-state index contributed by atoms with van der Waals surface area (Å²) in [5, 5.41) is 5.19. The van der Waals surface area contributed by atoms with Gasteiger partial charge in [0.1, 0.15) is 0 Å². The van der Waals surface area contributed by atoms with Crippen molar-refractivity contribution in [2.45, 2.75) is 13.8 Å². The summed E-state index contributed by atoms with van der Waals surface area (Å²) in [6.07, 6.45) is 1.85.